The summed E-state index contributed by atoms with van der Waals surface area (Å²) in [4.78, 5) is 2.27. The van der Waals surface area contributed by atoms with Crippen molar-refractivity contribution in [3.63, 3.8) is 0 Å². The zero-order valence-electron chi connectivity index (χ0n) is 8.18. The molecule has 15 heavy (non-hydrogen) atoms. The Labute approximate surface area is 94.9 Å². The van der Waals surface area contributed by atoms with Crippen LogP contribution in [0.3, 0.4) is 0 Å². The van der Waals surface area contributed by atoms with Crippen LogP contribution in [-0.4, -0.2) is 14.5 Å². The first kappa shape index (κ1) is 8.96. The third kappa shape index (κ3) is 1.54. The van der Waals surface area contributed by atoms with E-state index in [9.17, 15) is 0 Å². The molecule has 1 heterocycles. The molecule has 0 bridgehead atoms. The number of hydrogen-bond donors (Lipinski definition) is 0. The van der Waals surface area contributed by atoms with E-state index >= 15 is 0 Å². The first-order valence-electron chi connectivity index (χ1n) is 4.97. The van der Waals surface area contributed by atoms with Crippen molar-refractivity contribution in [1.82, 2.24) is 0 Å². The van der Waals surface area contributed by atoms with Gasteiger partial charge >= 0.3 is 94.8 Å². The average Bonchev–Trinajstić information content (AvgIpc) is 2.82. The van der Waals surface area contributed by atoms with Gasteiger partial charge < -0.3 is 0 Å². The van der Waals surface area contributed by atoms with Crippen LogP contribution in [0.1, 0.15) is 0 Å². The molecule has 1 heteroatoms. The molecule has 0 radical (unpaired) electrons. The van der Waals surface area contributed by atoms with Crippen molar-refractivity contribution in [2.24, 2.45) is 0 Å². The summed E-state index contributed by atoms with van der Waals surface area (Å²) in [5.74, 6) is 0. The molecule has 72 valence electrons. The van der Waals surface area contributed by atoms with Crippen molar-refractivity contribution in [2.75, 3.05) is 0 Å². The fourth-order valence-corrected chi connectivity index (χ4v) is 3.48. The monoisotopic (exact) mass is 258 g/mol. The van der Waals surface area contributed by atoms with Crippen LogP contribution in [0, 0.1) is 0 Å². The summed E-state index contributed by atoms with van der Waals surface area (Å²) in [6.07, 6.45) is 0. The molecule has 0 aliphatic carbocycles. The molecule has 0 atom stereocenters. The normalized spacial score (nSPS) is 10.7. The van der Waals surface area contributed by atoms with Crippen molar-refractivity contribution in [2.45, 2.75) is 0 Å². The van der Waals surface area contributed by atoms with E-state index < -0.39 is 0 Å². The molecule has 0 saturated carbocycles. The van der Waals surface area contributed by atoms with Gasteiger partial charge in [-0.2, -0.15) is 0 Å². The van der Waals surface area contributed by atoms with Crippen LogP contribution in [-0.2, 0) is 0 Å². The van der Waals surface area contributed by atoms with Gasteiger partial charge in [-0.05, 0) is 0 Å². The predicted molar refractivity (Wildman–Crippen MR) is 66.3 cm³/mol. The third-order valence-electron chi connectivity index (χ3n) is 2.58. The molecule has 0 spiro atoms. The standard InChI is InChI=1S/C14H10Se/c1-2-7-12-11(5-1)6-3-8-13(12)14-9-4-10-15-14/h1-10H. The van der Waals surface area contributed by atoms with Crippen LogP contribution < -0.4 is 0 Å². The van der Waals surface area contributed by atoms with Gasteiger partial charge in [0.1, 0.15) is 0 Å². The van der Waals surface area contributed by atoms with E-state index in [1.807, 2.05) is 0 Å². The summed E-state index contributed by atoms with van der Waals surface area (Å²) in [5.41, 5.74) is 1.40. The quantitative estimate of drug-likeness (QED) is 0.585. The zero-order chi connectivity index (χ0) is 10.1. The molecular weight excluding hydrogens is 247 g/mol. The van der Waals surface area contributed by atoms with E-state index in [1.54, 1.807) is 0 Å². The van der Waals surface area contributed by atoms with Crippen molar-refractivity contribution in [3.05, 3.63) is 59.5 Å². The van der Waals surface area contributed by atoms with Crippen LogP contribution in [0.5, 0.6) is 0 Å². The van der Waals surface area contributed by atoms with Gasteiger partial charge in [0, 0.05) is 0 Å². The predicted octanol–water partition coefficient (Wildman–Crippen LogP) is 3.56. The van der Waals surface area contributed by atoms with Gasteiger partial charge in [-0.3, -0.25) is 0 Å². The number of hydrogen-bond acceptors (Lipinski definition) is 0. The molecule has 0 nitrogen and oxygen atoms in total. The summed E-state index contributed by atoms with van der Waals surface area (Å²) in [6.45, 7) is 0. The molecule has 0 aliphatic heterocycles. The van der Waals surface area contributed by atoms with Crippen LogP contribution in [0.2, 0.25) is 0 Å². The van der Waals surface area contributed by atoms with Crippen molar-refractivity contribution in [3.8, 4) is 10.0 Å². The van der Waals surface area contributed by atoms with E-state index in [1.165, 1.54) is 20.8 Å². The molecule has 3 rings (SSSR count). The number of fused-ring (bicyclic) bond motifs is 1. The van der Waals surface area contributed by atoms with Crippen molar-refractivity contribution >= 4 is 25.3 Å². The van der Waals surface area contributed by atoms with Crippen LogP contribution >= 0.6 is 0 Å². The third-order valence-corrected chi connectivity index (χ3v) is 4.47. The van der Waals surface area contributed by atoms with E-state index in [2.05, 4.69) is 59.5 Å². The fraction of sp³-hybridized carbons (Fsp3) is 0. The summed E-state index contributed by atoms with van der Waals surface area (Å²) >= 11 is 0.518. The second kappa shape index (κ2) is 3.69. The Balaban J connectivity index is 2.36. The Kier molecular flexibility index (Phi) is 2.21. The Bertz CT molecular complexity index is 574. The first-order valence-corrected chi connectivity index (χ1v) is 6.81. The summed E-state index contributed by atoms with van der Waals surface area (Å²) in [6, 6.07) is 19.5. The Morgan fingerprint density at radius 2 is 1.60 bits per heavy atom. The van der Waals surface area contributed by atoms with Gasteiger partial charge in [0.25, 0.3) is 0 Å². The second-order valence-electron chi connectivity index (χ2n) is 3.50. The van der Waals surface area contributed by atoms with E-state index in [-0.39, 0.29) is 0 Å². The maximum absolute atomic E-state index is 2.27. The van der Waals surface area contributed by atoms with E-state index in [0.29, 0.717) is 14.5 Å². The van der Waals surface area contributed by atoms with Gasteiger partial charge in [-0.15, -0.1) is 0 Å². The zero-order valence-corrected chi connectivity index (χ0v) is 9.89. The molecule has 2 aromatic carbocycles. The topological polar surface area (TPSA) is 0 Å². The molecular formula is C14H10Se. The van der Waals surface area contributed by atoms with Gasteiger partial charge in [-0.25, -0.2) is 0 Å². The second-order valence-corrected chi connectivity index (χ2v) is 5.49. The van der Waals surface area contributed by atoms with Gasteiger partial charge in [0.2, 0.25) is 0 Å². The van der Waals surface area contributed by atoms with E-state index in [4.69, 9.17) is 0 Å². The minimum atomic E-state index is 0.518. The summed E-state index contributed by atoms with van der Waals surface area (Å²) < 4.78 is 1.49. The fourth-order valence-electron chi connectivity index (χ4n) is 1.87. The summed E-state index contributed by atoms with van der Waals surface area (Å²) in [7, 11) is 0. The molecule has 0 amide bonds. The molecule has 0 unspecified atom stereocenters. The Morgan fingerprint density at radius 3 is 2.47 bits per heavy atom. The van der Waals surface area contributed by atoms with Crippen LogP contribution in [0.25, 0.3) is 20.8 Å². The molecule has 0 fully saturated rings. The maximum atomic E-state index is 2.27. The van der Waals surface area contributed by atoms with Crippen LogP contribution in [0.4, 0.5) is 0 Å². The summed E-state index contributed by atoms with van der Waals surface area (Å²) in [5, 5.41) is 2.70. The Hall–Kier alpha value is -1.30. The Morgan fingerprint density at radius 1 is 0.733 bits per heavy atom. The van der Waals surface area contributed by atoms with Crippen molar-refractivity contribution < 1.29 is 0 Å². The average molecular weight is 257 g/mol. The van der Waals surface area contributed by atoms with Crippen molar-refractivity contribution in [1.29, 1.82) is 0 Å². The van der Waals surface area contributed by atoms with Gasteiger partial charge in [0.05, 0.1) is 0 Å². The molecule has 1 aromatic heterocycles. The number of benzene rings is 2. The number of rotatable bonds is 1. The van der Waals surface area contributed by atoms with E-state index in [0.717, 1.165) is 0 Å². The molecule has 0 aliphatic rings. The minimum absolute atomic E-state index is 0.518. The molecule has 0 saturated heterocycles. The molecule has 0 N–H and O–H groups in total. The van der Waals surface area contributed by atoms with Crippen LogP contribution in [0.15, 0.2) is 59.5 Å². The van der Waals surface area contributed by atoms with Gasteiger partial charge in [0.15, 0.2) is 0 Å². The SMILES string of the molecule is c1c[se]c(-c2cccc3ccccc23)c1. The van der Waals surface area contributed by atoms with Gasteiger partial charge in [-0.1, -0.05) is 0 Å². The first-order chi connectivity index (χ1) is 7.45. The molecule has 3 aromatic rings.